The fourth-order valence-corrected chi connectivity index (χ4v) is 2.99. The molecule has 2 aromatic rings. The first kappa shape index (κ1) is 18.1. The Morgan fingerprint density at radius 2 is 1.85 bits per heavy atom. The van der Waals surface area contributed by atoms with Gasteiger partial charge >= 0.3 is 6.18 Å². The van der Waals surface area contributed by atoms with Gasteiger partial charge in [0.1, 0.15) is 5.75 Å². The molecule has 0 spiro atoms. The molecule has 0 amide bonds. The lowest BCUT2D eigenvalue weighted by Crippen LogP contribution is -2.31. The van der Waals surface area contributed by atoms with E-state index in [4.69, 9.17) is 10.5 Å². The summed E-state index contributed by atoms with van der Waals surface area (Å²) >= 11 is 0. The van der Waals surface area contributed by atoms with Gasteiger partial charge in [0.2, 0.25) is 0 Å². The number of ether oxygens (including phenoxy) is 1. The van der Waals surface area contributed by atoms with Crippen molar-refractivity contribution >= 4 is 11.6 Å². The number of hydrogen-bond acceptors (Lipinski definition) is 2. The number of nitrogens with one attached hydrogen (secondary N) is 1. The van der Waals surface area contributed by atoms with Gasteiger partial charge in [0.25, 0.3) is 0 Å². The maximum absolute atomic E-state index is 12.6. The molecule has 0 radical (unpaired) electrons. The van der Waals surface area contributed by atoms with E-state index in [9.17, 15) is 13.2 Å². The minimum absolute atomic E-state index is 0.0698. The number of nitrogens with two attached hydrogens (primary N) is 1. The highest BCUT2D eigenvalue weighted by Crippen LogP contribution is 2.40. The number of benzene rings is 2. The Bertz CT molecular complexity index is 781. The Kier molecular flexibility index (Phi) is 5.06. The molecule has 26 heavy (non-hydrogen) atoms. The van der Waals surface area contributed by atoms with Crippen molar-refractivity contribution in [1.29, 1.82) is 0 Å². The maximum atomic E-state index is 12.6. The molecule has 0 bridgehead atoms. The molecule has 0 heterocycles. The number of aliphatic imine (C=N–C) groups is 1. The van der Waals surface area contributed by atoms with Gasteiger partial charge in [-0.05, 0) is 48.6 Å². The number of nitrogens with zero attached hydrogens (tertiary/aromatic N) is 1. The summed E-state index contributed by atoms with van der Waals surface area (Å²) in [6, 6.07) is 12.8. The van der Waals surface area contributed by atoms with Crippen LogP contribution in [0.2, 0.25) is 0 Å². The molecule has 1 saturated carbocycles. The van der Waals surface area contributed by atoms with Crippen molar-refractivity contribution in [3.63, 3.8) is 0 Å². The summed E-state index contributed by atoms with van der Waals surface area (Å²) < 4.78 is 43.0. The van der Waals surface area contributed by atoms with Gasteiger partial charge < -0.3 is 15.8 Å². The van der Waals surface area contributed by atoms with E-state index in [-0.39, 0.29) is 12.0 Å². The van der Waals surface area contributed by atoms with E-state index in [0.717, 1.165) is 36.2 Å². The molecule has 3 N–H and O–H groups in total. The molecule has 4 nitrogen and oxygen atoms in total. The van der Waals surface area contributed by atoms with E-state index in [1.807, 2.05) is 24.3 Å². The molecule has 138 valence electrons. The average molecular weight is 363 g/mol. The zero-order chi connectivity index (χ0) is 18.7. The zero-order valence-electron chi connectivity index (χ0n) is 14.3. The first-order valence-electron chi connectivity index (χ1n) is 8.26. The molecule has 0 aromatic heterocycles. The minimum atomic E-state index is -4.30. The fourth-order valence-electron chi connectivity index (χ4n) is 2.99. The Hall–Kier alpha value is -2.70. The predicted octanol–water partition coefficient (Wildman–Crippen LogP) is 4.39. The molecule has 1 aliphatic rings. The van der Waals surface area contributed by atoms with E-state index in [2.05, 4.69) is 10.3 Å². The first-order valence-corrected chi connectivity index (χ1v) is 8.26. The summed E-state index contributed by atoms with van der Waals surface area (Å²) in [7, 11) is 1.59. The van der Waals surface area contributed by atoms with E-state index >= 15 is 0 Å². The van der Waals surface area contributed by atoms with Crippen molar-refractivity contribution in [2.24, 2.45) is 10.7 Å². The van der Waals surface area contributed by atoms with Crippen LogP contribution in [0.4, 0.5) is 18.9 Å². The van der Waals surface area contributed by atoms with Crippen LogP contribution in [0, 0.1) is 0 Å². The Balaban J connectivity index is 1.55. The SMILES string of the molecule is COc1cccc(NC(N)=NC2CC(c3ccc(C(F)(F)F)cc3)C2)c1. The lowest BCUT2D eigenvalue weighted by molar-refractivity contribution is -0.137. The highest BCUT2D eigenvalue weighted by molar-refractivity contribution is 5.92. The third-order valence-electron chi connectivity index (χ3n) is 4.49. The second-order valence-electron chi connectivity index (χ2n) is 6.31. The molecule has 0 atom stereocenters. The van der Waals surface area contributed by atoms with E-state index in [1.165, 1.54) is 0 Å². The molecule has 0 saturated heterocycles. The standard InChI is InChI=1S/C19H20F3N3O/c1-26-17-4-2-3-15(11-17)24-18(23)25-16-9-13(10-16)12-5-7-14(8-6-12)19(20,21)22/h2-8,11,13,16H,9-10H2,1H3,(H3,23,24,25). The number of alkyl halides is 3. The fraction of sp³-hybridized carbons (Fsp3) is 0.316. The van der Waals surface area contributed by atoms with Crippen molar-refractivity contribution < 1.29 is 17.9 Å². The van der Waals surface area contributed by atoms with E-state index < -0.39 is 11.7 Å². The summed E-state index contributed by atoms with van der Waals surface area (Å²) in [6.45, 7) is 0. The summed E-state index contributed by atoms with van der Waals surface area (Å²) in [4.78, 5) is 4.43. The smallest absolute Gasteiger partial charge is 0.416 e. The number of guanidine groups is 1. The van der Waals surface area contributed by atoms with Crippen LogP contribution in [0.25, 0.3) is 0 Å². The van der Waals surface area contributed by atoms with Gasteiger partial charge in [-0.25, -0.2) is 4.99 Å². The van der Waals surface area contributed by atoms with Crippen LogP contribution in [0.3, 0.4) is 0 Å². The number of methoxy groups -OCH3 is 1. The summed E-state index contributed by atoms with van der Waals surface area (Å²) in [6.07, 6.45) is -2.76. The van der Waals surface area contributed by atoms with Gasteiger partial charge in [0.05, 0.1) is 18.7 Å². The number of hydrogen-bond donors (Lipinski definition) is 2. The zero-order valence-corrected chi connectivity index (χ0v) is 14.3. The van der Waals surface area contributed by atoms with Crippen LogP contribution in [-0.2, 0) is 6.18 Å². The molecule has 0 unspecified atom stereocenters. The monoisotopic (exact) mass is 363 g/mol. The quantitative estimate of drug-likeness (QED) is 0.626. The van der Waals surface area contributed by atoms with Crippen LogP contribution in [0.1, 0.15) is 29.9 Å². The van der Waals surface area contributed by atoms with Crippen molar-refractivity contribution in [1.82, 2.24) is 0 Å². The summed E-state index contributed by atoms with van der Waals surface area (Å²) in [5.41, 5.74) is 7.00. The van der Waals surface area contributed by atoms with Crippen LogP contribution in [-0.4, -0.2) is 19.1 Å². The lowest BCUT2D eigenvalue weighted by Gasteiger charge is -2.33. The van der Waals surface area contributed by atoms with Crippen LogP contribution >= 0.6 is 0 Å². The van der Waals surface area contributed by atoms with Crippen LogP contribution < -0.4 is 15.8 Å². The molecule has 1 aliphatic carbocycles. The Labute approximate surface area is 149 Å². The lowest BCUT2D eigenvalue weighted by atomic mass is 9.76. The highest BCUT2D eigenvalue weighted by Gasteiger charge is 2.33. The minimum Gasteiger partial charge on any atom is -0.497 e. The normalized spacial score (nSPS) is 20.4. The number of halogens is 3. The average Bonchev–Trinajstić information content (AvgIpc) is 2.57. The van der Waals surface area contributed by atoms with Gasteiger partial charge in [-0.3, -0.25) is 0 Å². The van der Waals surface area contributed by atoms with Crippen molar-refractivity contribution in [2.75, 3.05) is 12.4 Å². The van der Waals surface area contributed by atoms with E-state index in [0.29, 0.717) is 11.7 Å². The summed E-state index contributed by atoms with van der Waals surface area (Å²) in [5.74, 6) is 1.25. The third-order valence-corrected chi connectivity index (χ3v) is 4.49. The van der Waals surface area contributed by atoms with Gasteiger partial charge in [-0.2, -0.15) is 13.2 Å². The van der Waals surface area contributed by atoms with Crippen molar-refractivity contribution in [3.05, 3.63) is 59.7 Å². The third kappa shape index (κ3) is 4.28. The number of anilines is 1. The van der Waals surface area contributed by atoms with E-state index in [1.54, 1.807) is 19.2 Å². The molecule has 3 rings (SSSR count). The topological polar surface area (TPSA) is 59.6 Å². The van der Waals surface area contributed by atoms with Crippen molar-refractivity contribution in [2.45, 2.75) is 31.0 Å². The van der Waals surface area contributed by atoms with Crippen LogP contribution in [0.5, 0.6) is 5.75 Å². The Morgan fingerprint density at radius 1 is 1.15 bits per heavy atom. The molecule has 0 aliphatic heterocycles. The van der Waals surface area contributed by atoms with Crippen LogP contribution in [0.15, 0.2) is 53.5 Å². The second kappa shape index (κ2) is 7.27. The van der Waals surface area contributed by atoms with Gasteiger partial charge in [0.15, 0.2) is 5.96 Å². The second-order valence-corrected chi connectivity index (χ2v) is 6.31. The molecule has 2 aromatic carbocycles. The molecule has 7 heteroatoms. The highest BCUT2D eigenvalue weighted by atomic mass is 19.4. The van der Waals surface area contributed by atoms with Gasteiger partial charge in [-0.15, -0.1) is 0 Å². The van der Waals surface area contributed by atoms with Gasteiger partial charge in [-0.1, -0.05) is 18.2 Å². The maximum Gasteiger partial charge on any atom is 0.416 e. The molecule has 1 fully saturated rings. The molecular weight excluding hydrogens is 343 g/mol. The Morgan fingerprint density at radius 3 is 2.46 bits per heavy atom. The number of rotatable bonds is 4. The van der Waals surface area contributed by atoms with Gasteiger partial charge in [0, 0.05) is 11.8 Å². The summed E-state index contributed by atoms with van der Waals surface area (Å²) in [5, 5.41) is 3.02. The predicted molar refractivity (Wildman–Crippen MR) is 95.4 cm³/mol. The first-order chi connectivity index (χ1) is 12.3. The molecular formula is C19H20F3N3O. The van der Waals surface area contributed by atoms with Crippen molar-refractivity contribution in [3.8, 4) is 5.75 Å². The largest absolute Gasteiger partial charge is 0.497 e.